The molecule has 0 saturated heterocycles. The average Bonchev–Trinajstić information content (AvgIpc) is 3.60. The first-order valence-corrected chi connectivity index (χ1v) is 18.4. The van der Waals surface area contributed by atoms with Crippen LogP contribution in [0.3, 0.4) is 0 Å². The van der Waals surface area contributed by atoms with Crippen LogP contribution in [0.4, 0.5) is 0 Å². The number of aromatic nitrogens is 5. The van der Waals surface area contributed by atoms with Crippen LogP contribution in [0.2, 0.25) is 0 Å². The van der Waals surface area contributed by atoms with Gasteiger partial charge in [0.15, 0.2) is 0 Å². The van der Waals surface area contributed by atoms with Crippen LogP contribution in [0.25, 0.3) is 72.5 Å². The third-order valence-electron chi connectivity index (χ3n) is 9.51. The fourth-order valence-electron chi connectivity index (χ4n) is 6.90. The Bertz CT molecular complexity index is 2700. The van der Waals surface area contributed by atoms with E-state index in [1.807, 2.05) is 114 Å². The average molecular weight is 1120 g/mol. The number of ether oxygens (including phenoxy) is 2. The summed E-state index contributed by atoms with van der Waals surface area (Å²) in [5.41, 5.74) is 8.76. The molecule has 59 heavy (non-hydrogen) atoms. The van der Waals surface area contributed by atoms with Crippen molar-refractivity contribution in [2.45, 2.75) is 0 Å². The molecule has 0 aliphatic carbocycles. The van der Waals surface area contributed by atoms with Gasteiger partial charge in [-0.1, -0.05) is 131 Å². The Morgan fingerprint density at radius 3 is 1.25 bits per heavy atom. The molecule has 10 rings (SSSR count). The maximum atomic E-state index is 6.56. The van der Waals surface area contributed by atoms with Gasteiger partial charge in [-0.2, -0.15) is 22.9 Å². The Morgan fingerprint density at radius 1 is 0.373 bits per heavy atom. The summed E-state index contributed by atoms with van der Waals surface area (Å²) in [5.74, 6) is 2.54. The van der Waals surface area contributed by atoms with Gasteiger partial charge in [0.1, 0.15) is 0 Å². The van der Waals surface area contributed by atoms with Gasteiger partial charge in [0.05, 0.1) is 0 Å². The van der Waals surface area contributed by atoms with Gasteiger partial charge in [0, 0.05) is 47.8 Å². The van der Waals surface area contributed by atoms with Gasteiger partial charge in [-0.25, -0.2) is 9.97 Å². The predicted molar refractivity (Wildman–Crippen MR) is 222 cm³/mol. The molecule has 286 valence electrons. The van der Waals surface area contributed by atoms with Crippen LogP contribution in [0.1, 0.15) is 0 Å². The van der Waals surface area contributed by atoms with Gasteiger partial charge >= 0.3 is 42.1 Å². The summed E-state index contributed by atoms with van der Waals surface area (Å²) < 4.78 is 15.0. The second-order valence-electron chi connectivity index (χ2n) is 13.2. The quantitative estimate of drug-likeness (QED) is 0.134. The van der Waals surface area contributed by atoms with Crippen LogP contribution in [-0.2, 0) is 42.1 Å². The summed E-state index contributed by atoms with van der Waals surface area (Å²) in [6.07, 6.45) is 6.98. The van der Waals surface area contributed by atoms with E-state index in [9.17, 15) is 0 Å². The summed E-state index contributed by atoms with van der Waals surface area (Å²) in [4.78, 5) is 18.4. The van der Waals surface area contributed by atoms with Gasteiger partial charge in [0.25, 0.3) is 0 Å². The molecule has 0 saturated carbocycles. The molecule has 0 aliphatic rings. The van der Waals surface area contributed by atoms with E-state index >= 15 is 0 Å². The number of rotatable bonds is 9. The summed E-state index contributed by atoms with van der Waals surface area (Å²) in [7, 11) is 0. The fraction of sp³-hybridized carbons (Fsp3) is 0. The molecule has 0 atom stereocenters. The third kappa shape index (κ3) is 8.26. The maximum Gasteiger partial charge on any atom is 2.00 e. The second-order valence-corrected chi connectivity index (χ2v) is 13.2. The summed E-state index contributed by atoms with van der Waals surface area (Å²) in [6, 6.07) is 63.7. The normalized spacial score (nSPS) is 10.8. The largest absolute Gasteiger partial charge is 2.00 e. The molecule has 0 aliphatic heterocycles. The molecule has 0 spiro atoms. The van der Waals surface area contributed by atoms with Crippen molar-refractivity contribution in [3.8, 4) is 73.7 Å². The Hall–Kier alpha value is -6.52. The molecule has 0 bridgehead atoms. The minimum Gasteiger partial charge on any atom is -0.503 e. The number of hydrogen-bond acceptors (Lipinski definition) is 6. The van der Waals surface area contributed by atoms with E-state index in [2.05, 4.69) is 80.6 Å². The van der Waals surface area contributed by atoms with E-state index in [1.54, 1.807) is 30.9 Å². The maximum absolute atomic E-state index is 6.56. The zero-order valence-corrected chi connectivity index (χ0v) is 35.5. The smallest absolute Gasteiger partial charge is 0.503 e. The van der Waals surface area contributed by atoms with Gasteiger partial charge in [-0.3, -0.25) is 0 Å². The van der Waals surface area contributed by atoms with Crippen molar-refractivity contribution < 1.29 is 51.6 Å². The minimum absolute atomic E-state index is 0. The number of fused-ring (bicyclic) bond motifs is 3. The summed E-state index contributed by atoms with van der Waals surface area (Å²) in [5, 5.41) is 1.86. The van der Waals surface area contributed by atoms with Crippen molar-refractivity contribution in [1.82, 2.24) is 24.5 Å². The fourth-order valence-corrected chi connectivity index (χ4v) is 6.90. The Morgan fingerprint density at radius 2 is 0.814 bits per heavy atom. The van der Waals surface area contributed by atoms with Crippen LogP contribution >= 0.6 is 0 Å². The third-order valence-corrected chi connectivity index (χ3v) is 9.51. The summed E-state index contributed by atoms with van der Waals surface area (Å²) in [6.45, 7) is 0. The van der Waals surface area contributed by atoms with E-state index in [1.165, 1.54) is 0 Å². The van der Waals surface area contributed by atoms with Crippen LogP contribution in [0.15, 0.2) is 176 Å². The molecule has 4 aromatic heterocycles. The number of pyridine rings is 2. The summed E-state index contributed by atoms with van der Waals surface area (Å²) >= 11 is 0. The Kier molecular flexibility index (Phi) is 11.7. The first-order chi connectivity index (χ1) is 28.2. The number of nitrogens with zero attached hydrogens (tertiary/aromatic N) is 5. The molecular weight excluding hydrogens is 1090 g/mol. The molecule has 9 heteroatoms. The molecule has 0 radical (unpaired) electrons. The van der Waals surface area contributed by atoms with Crippen molar-refractivity contribution in [2.75, 3.05) is 0 Å². The number of hydrogen-bond donors (Lipinski definition) is 0. The SMILES string of the molecule is [Pt+2].[Pt+2].[c-]1c(Oc2[c-]c3c(cc2)c2ccc(Oc4[c-]c(-c5ccccn5)cc(-c5ccccc5)c4)[c-]c2n3-c2ncccn2)cc(-c2ccccc2)cc1-c1ccccn1. The standard InChI is InChI=1S/C50H29N5O2.2Pt/c1-3-12-34(13-4-1)36-26-38(46-16-7-9-22-51-46)30-42(28-36)56-40-18-20-44-45-21-19-41(33-49(45)55(48(44)32-40)50-53-24-11-25-54-50)57-43-29-37(35-14-5-2-6-15-35)27-39(31-43)47-17-8-10-23-52-47;;/h1-29H;;/q-4;2*+2. The van der Waals surface area contributed by atoms with E-state index < -0.39 is 0 Å². The van der Waals surface area contributed by atoms with Crippen molar-refractivity contribution in [1.29, 1.82) is 0 Å². The van der Waals surface area contributed by atoms with Crippen LogP contribution in [-0.4, -0.2) is 24.5 Å². The molecule has 6 aromatic carbocycles. The molecule has 0 unspecified atom stereocenters. The van der Waals surface area contributed by atoms with E-state index in [-0.39, 0.29) is 42.1 Å². The first kappa shape index (κ1) is 39.3. The molecule has 10 aromatic rings. The first-order valence-electron chi connectivity index (χ1n) is 18.4. The molecule has 0 N–H and O–H groups in total. The molecular formula is C50H29N5O2Pt2. The van der Waals surface area contributed by atoms with E-state index in [0.717, 1.165) is 66.6 Å². The van der Waals surface area contributed by atoms with Gasteiger partial charge in [-0.15, -0.1) is 47.5 Å². The van der Waals surface area contributed by atoms with E-state index in [0.29, 0.717) is 28.9 Å². The van der Waals surface area contributed by atoms with Crippen LogP contribution < -0.4 is 9.47 Å². The van der Waals surface area contributed by atoms with Gasteiger partial charge < -0.3 is 24.0 Å². The molecule has 0 fully saturated rings. The minimum atomic E-state index is 0. The number of benzene rings is 6. The van der Waals surface area contributed by atoms with Gasteiger partial charge in [0.2, 0.25) is 5.95 Å². The monoisotopic (exact) mass is 1120 g/mol. The Labute approximate surface area is 369 Å². The van der Waals surface area contributed by atoms with Gasteiger partial charge in [-0.05, 0) is 40.7 Å². The topological polar surface area (TPSA) is 75.0 Å². The second kappa shape index (κ2) is 17.5. The van der Waals surface area contributed by atoms with Crippen molar-refractivity contribution in [3.05, 3.63) is 201 Å². The zero-order valence-electron chi connectivity index (χ0n) is 30.9. The van der Waals surface area contributed by atoms with E-state index in [4.69, 9.17) is 9.47 Å². The Balaban J connectivity index is 0.00000242. The zero-order chi connectivity index (χ0) is 38.0. The van der Waals surface area contributed by atoms with Crippen molar-refractivity contribution in [2.24, 2.45) is 0 Å². The molecule has 7 nitrogen and oxygen atoms in total. The molecule has 0 amide bonds. The van der Waals surface area contributed by atoms with Crippen molar-refractivity contribution in [3.63, 3.8) is 0 Å². The van der Waals surface area contributed by atoms with Crippen molar-refractivity contribution >= 4 is 21.8 Å². The van der Waals surface area contributed by atoms with Crippen LogP contribution in [0.5, 0.6) is 23.0 Å². The molecule has 4 heterocycles. The van der Waals surface area contributed by atoms with Crippen LogP contribution in [0, 0.1) is 24.3 Å². The predicted octanol–water partition coefficient (Wildman–Crippen LogP) is 11.8.